The van der Waals surface area contributed by atoms with Gasteiger partial charge < -0.3 is 0 Å². The van der Waals surface area contributed by atoms with Gasteiger partial charge in [0.15, 0.2) is 0 Å². The highest BCUT2D eigenvalue weighted by Gasteiger charge is 1.72. The third-order valence-electron chi connectivity index (χ3n) is 1.88. The van der Waals surface area contributed by atoms with Crippen LogP contribution in [0, 0.1) is 13.8 Å². The molecular formula is C14H16O6S2. The fourth-order valence-corrected chi connectivity index (χ4v) is 1.07. The molecule has 120 valence electrons. The summed E-state index contributed by atoms with van der Waals surface area (Å²) < 4.78 is 50.7. The summed E-state index contributed by atoms with van der Waals surface area (Å²) in [5.41, 5.74) is 2.64. The number of hydrogen-bond donors (Lipinski definition) is 0. The summed E-state index contributed by atoms with van der Waals surface area (Å²) in [4.78, 5) is 0. The Kier molecular flexibility index (Phi) is 15.1. The van der Waals surface area contributed by atoms with Crippen molar-refractivity contribution in [1.82, 2.24) is 0 Å². The van der Waals surface area contributed by atoms with E-state index in [9.17, 15) is 0 Å². The predicted octanol–water partition coefficient (Wildman–Crippen LogP) is 1.98. The van der Waals surface area contributed by atoms with Crippen LogP contribution < -0.4 is 0 Å². The molecule has 0 aromatic heterocycles. The summed E-state index contributed by atoms with van der Waals surface area (Å²) in [5, 5.41) is 0. The van der Waals surface area contributed by atoms with Crippen LogP contribution in [-0.2, 0) is 21.2 Å². The smallest absolute Gasteiger partial charge is 0.142 e. The fraction of sp³-hybridized carbons (Fsp3) is 0.143. The molecule has 2 rings (SSSR count). The number of hydrogen-bond acceptors (Lipinski definition) is 6. The lowest BCUT2D eigenvalue weighted by Crippen LogP contribution is -1.62. The molecule has 22 heavy (non-hydrogen) atoms. The second kappa shape index (κ2) is 15.1. The maximum atomic E-state index is 8.44. The van der Waals surface area contributed by atoms with Gasteiger partial charge in [0.2, 0.25) is 0 Å². The summed E-state index contributed by atoms with van der Waals surface area (Å²) in [6.07, 6.45) is 0. The summed E-state index contributed by atoms with van der Waals surface area (Å²) in [7, 11) is -6.22. The van der Waals surface area contributed by atoms with Crippen LogP contribution in [0.3, 0.4) is 0 Å². The largest absolute Gasteiger partial charge is 0.425 e. The molecular weight excluding hydrogens is 328 g/mol. The van der Waals surface area contributed by atoms with Gasteiger partial charge in [-0.25, -0.2) is 0 Å². The van der Waals surface area contributed by atoms with Gasteiger partial charge in [-0.1, -0.05) is 71.8 Å². The first-order valence-corrected chi connectivity index (χ1v) is 7.82. The molecule has 0 amide bonds. The minimum atomic E-state index is -3.11. The Balaban J connectivity index is 0. The maximum absolute atomic E-state index is 8.44. The van der Waals surface area contributed by atoms with E-state index in [-0.39, 0.29) is 0 Å². The van der Waals surface area contributed by atoms with Crippen LogP contribution in [0.4, 0.5) is 0 Å². The Morgan fingerprint density at radius 1 is 0.500 bits per heavy atom. The molecule has 2 aromatic carbocycles. The van der Waals surface area contributed by atoms with E-state index in [1.54, 1.807) is 0 Å². The molecule has 0 heterocycles. The van der Waals surface area contributed by atoms with Gasteiger partial charge in [-0.05, 0) is 13.8 Å². The highest BCUT2D eigenvalue weighted by Crippen LogP contribution is 1.92. The summed E-state index contributed by atoms with van der Waals surface area (Å²) in [5.74, 6) is 0. The molecule has 0 saturated heterocycles. The van der Waals surface area contributed by atoms with Crippen LogP contribution >= 0.6 is 0 Å². The molecule has 0 spiro atoms. The average Bonchev–Trinajstić information content (AvgIpc) is 2.40. The molecule has 0 N–H and O–H groups in total. The van der Waals surface area contributed by atoms with Crippen LogP contribution in [0.25, 0.3) is 0 Å². The predicted molar refractivity (Wildman–Crippen MR) is 81.8 cm³/mol. The first-order valence-electron chi connectivity index (χ1n) is 5.82. The Bertz CT molecular complexity index is 627. The zero-order chi connectivity index (χ0) is 17.4. The topological polar surface area (TPSA) is 102 Å². The van der Waals surface area contributed by atoms with Gasteiger partial charge in [0.25, 0.3) is 0 Å². The standard InChI is InChI=1S/2C7H8.2O3S/c2*1-7-5-3-2-4-6-7;2*1-4(2)3/h2*2-6H,1H3;;. The SMILES string of the molecule is Cc1ccccc1.Cc1ccccc1.O=S(=O)=O.O=S(=O)=O. The van der Waals surface area contributed by atoms with Crippen LogP contribution in [0.2, 0.25) is 0 Å². The van der Waals surface area contributed by atoms with Crippen LogP contribution in [-0.4, -0.2) is 25.3 Å². The van der Waals surface area contributed by atoms with E-state index in [0.717, 1.165) is 0 Å². The van der Waals surface area contributed by atoms with Crippen molar-refractivity contribution in [3.8, 4) is 0 Å². The van der Waals surface area contributed by atoms with E-state index in [0.29, 0.717) is 0 Å². The molecule has 0 radical (unpaired) electrons. The van der Waals surface area contributed by atoms with Crippen molar-refractivity contribution in [2.45, 2.75) is 13.8 Å². The molecule has 0 saturated carbocycles. The monoisotopic (exact) mass is 344 g/mol. The van der Waals surface area contributed by atoms with Gasteiger partial charge in [-0.15, -0.1) is 25.3 Å². The van der Waals surface area contributed by atoms with Crippen LogP contribution in [0.15, 0.2) is 60.7 Å². The van der Waals surface area contributed by atoms with E-state index >= 15 is 0 Å². The first kappa shape index (κ1) is 22.0. The quantitative estimate of drug-likeness (QED) is 0.724. The Hall–Kier alpha value is -2.32. The second-order valence-corrected chi connectivity index (χ2v) is 4.53. The van der Waals surface area contributed by atoms with Crippen molar-refractivity contribution in [2.75, 3.05) is 0 Å². The average molecular weight is 344 g/mol. The lowest BCUT2D eigenvalue weighted by Gasteiger charge is -1.82. The zero-order valence-corrected chi connectivity index (χ0v) is 13.7. The number of rotatable bonds is 0. The van der Waals surface area contributed by atoms with E-state index in [1.807, 2.05) is 36.4 Å². The number of aryl methyl sites for hydroxylation is 2. The fourth-order valence-electron chi connectivity index (χ4n) is 1.07. The van der Waals surface area contributed by atoms with E-state index in [1.165, 1.54) is 11.1 Å². The Labute approximate surface area is 132 Å². The van der Waals surface area contributed by atoms with Crippen LogP contribution in [0.5, 0.6) is 0 Å². The van der Waals surface area contributed by atoms with Crippen molar-refractivity contribution < 1.29 is 25.3 Å². The third kappa shape index (κ3) is 26.3. The van der Waals surface area contributed by atoms with Crippen molar-refractivity contribution >= 4 is 21.2 Å². The van der Waals surface area contributed by atoms with Crippen molar-refractivity contribution in [1.29, 1.82) is 0 Å². The van der Waals surface area contributed by atoms with Crippen LogP contribution in [0.1, 0.15) is 11.1 Å². The lowest BCUT2D eigenvalue weighted by molar-refractivity contribution is 0.557. The van der Waals surface area contributed by atoms with Gasteiger partial charge in [0, 0.05) is 0 Å². The van der Waals surface area contributed by atoms with Gasteiger partial charge in [-0.2, -0.15) is 0 Å². The minimum absolute atomic E-state index is 1.32. The van der Waals surface area contributed by atoms with Gasteiger partial charge >= 0.3 is 21.2 Å². The van der Waals surface area contributed by atoms with Crippen molar-refractivity contribution in [3.63, 3.8) is 0 Å². The molecule has 0 aliphatic heterocycles. The van der Waals surface area contributed by atoms with Gasteiger partial charge in [0.05, 0.1) is 0 Å². The number of benzene rings is 2. The molecule has 0 atom stereocenters. The summed E-state index contributed by atoms with van der Waals surface area (Å²) >= 11 is 0. The lowest BCUT2D eigenvalue weighted by atomic mass is 10.2. The van der Waals surface area contributed by atoms with E-state index < -0.39 is 21.2 Å². The third-order valence-corrected chi connectivity index (χ3v) is 1.88. The zero-order valence-electron chi connectivity index (χ0n) is 12.0. The van der Waals surface area contributed by atoms with E-state index in [2.05, 4.69) is 38.1 Å². The molecule has 2 aromatic rings. The highest BCUT2D eigenvalue weighted by molar-refractivity contribution is 7.59. The minimum Gasteiger partial charge on any atom is -0.142 e. The molecule has 0 fully saturated rings. The molecule has 6 nitrogen and oxygen atoms in total. The molecule has 0 aliphatic carbocycles. The first-order chi connectivity index (χ1) is 10.3. The van der Waals surface area contributed by atoms with Crippen molar-refractivity contribution in [3.05, 3.63) is 71.8 Å². The highest BCUT2D eigenvalue weighted by atomic mass is 32.2. The van der Waals surface area contributed by atoms with Crippen molar-refractivity contribution in [2.24, 2.45) is 0 Å². The Morgan fingerprint density at radius 2 is 0.682 bits per heavy atom. The molecule has 8 heteroatoms. The summed E-state index contributed by atoms with van der Waals surface area (Å²) in [6, 6.07) is 20.5. The normalized spacial score (nSPS) is 7.73. The van der Waals surface area contributed by atoms with Gasteiger partial charge in [-0.3, -0.25) is 0 Å². The Morgan fingerprint density at radius 3 is 0.773 bits per heavy atom. The maximum Gasteiger partial charge on any atom is 0.425 e. The van der Waals surface area contributed by atoms with Gasteiger partial charge in [0.1, 0.15) is 0 Å². The van der Waals surface area contributed by atoms with E-state index in [4.69, 9.17) is 25.3 Å². The second-order valence-electron chi connectivity index (χ2n) is 3.72. The molecule has 0 unspecified atom stereocenters. The summed E-state index contributed by atoms with van der Waals surface area (Å²) in [6.45, 7) is 4.17. The molecule has 0 bridgehead atoms. The molecule has 0 aliphatic rings.